The van der Waals surface area contributed by atoms with Gasteiger partial charge in [0.2, 0.25) is 5.71 Å². The van der Waals surface area contributed by atoms with Gasteiger partial charge in [-0.05, 0) is 6.42 Å². The van der Waals surface area contributed by atoms with Crippen LogP contribution in [0.15, 0.2) is 22.8 Å². The van der Waals surface area contributed by atoms with Crippen LogP contribution in [0.5, 0.6) is 0 Å². The summed E-state index contributed by atoms with van der Waals surface area (Å²) in [5.74, 6) is -0.627. The number of nitrogens with two attached hydrogens (primary N) is 1. The van der Waals surface area contributed by atoms with Gasteiger partial charge in [-0.25, -0.2) is 0 Å². The van der Waals surface area contributed by atoms with Crippen molar-refractivity contribution in [2.75, 3.05) is 13.1 Å². The molecule has 0 atom stereocenters. The maximum absolute atomic E-state index is 11.4. The van der Waals surface area contributed by atoms with Gasteiger partial charge in [0.1, 0.15) is 0 Å². The summed E-state index contributed by atoms with van der Waals surface area (Å²) in [5.41, 5.74) is 5.25. The van der Waals surface area contributed by atoms with Crippen molar-refractivity contribution in [3.8, 4) is 0 Å². The molecule has 0 radical (unpaired) electrons. The Morgan fingerprint density at radius 2 is 2.31 bits per heavy atom. The molecule has 0 saturated heterocycles. The molecule has 0 aliphatic rings. The zero-order chi connectivity index (χ0) is 12.4. The first-order valence-corrected chi connectivity index (χ1v) is 5.08. The molecule has 0 saturated carbocycles. The smallest absolute Gasteiger partial charge is 0.277 e. The normalized spacial score (nSPS) is 12.3. The largest absolute Gasteiger partial charge is 0.410 e. The maximum Gasteiger partial charge on any atom is 0.277 e. The van der Waals surface area contributed by atoms with Crippen molar-refractivity contribution in [3.05, 3.63) is 12.7 Å². The Bertz CT molecular complexity index is 297. The van der Waals surface area contributed by atoms with E-state index in [9.17, 15) is 4.79 Å². The lowest BCUT2D eigenvalue weighted by atomic mass is 10.3. The number of carbonyl (C=O) groups excluding carboxylic acids is 1. The van der Waals surface area contributed by atoms with Crippen LogP contribution >= 0.6 is 0 Å². The van der Waals surface area contributed by atoms with E-state index in [0.717, 1.165) is 12.8 Å². The summed E-state index contributed by atoms with van der Waals surface area (Å²) in [6.07, 6.45) is 3.36. The fourth-order valence-corrected chi connectivity index (χ4v) is 0.894. The van der Waals surface area contributed by atoms with E-state index in [1.54, 1.807) is 0 Å². The van der Waals surface area contributed by atoms with Gasteiger partial charge in [-0.3, -0.25) is 9.79 Å². The summed E-state index contributed by atoms with van der Waals surface area (Å²) in [7, 11) is 0. The summed E-state index contributed by atoms with van der Waals surface area (Å²) < 4.78 is 0. The zero-order valence-electron chi connectivity index (χ0n) is 9.44. The molecular weight excluding hydrogens is 208 g/mol. The van der Waals surface area contributed by atoms with E-state index in [1.807, 2.05) is 6.92 Å². The molecule has 16 heavy (non-hydrogen) atoms. The van der Waals surface area contributed by atoms with Crippen LogP contribution in [-0.2, 0) is 4.79 Å². The number of hydrogen-bond donors (Lipinski definition) is 3. The average Bonchev–Trinajstić information content (AvgIpc) is 2.27. The minimum atomic E-state index is -0.569. The number of oxime groups is 1. The van der Waals surface area contributed by atoms with Gasteiger partial charge in [0, 0.05) is 13.1 Å². The summed E-state index contributed by atoms with van der Waals surface area (Å²) in [6.45, 7) is 6.25. The number of aliphatic imine (C=N–C) groups is 1. The van der Waals surface area contributed by atoms with E-state index in [0.29, 0.717) is 6.54 Å². The predicted octanol–water partition coefficient (Wildman–Crippen LogP) is 0.276. The first-order valence-electron chi connectivity index (χ1n) is 5.08. The lowest BCUT2D eigenvalue weighted by Gasteiger charge is -2.03. The van der Waals surface area contributed by atoms with Gasteiger partial charge < -0.3 is 16.3 Å². The summed E-state index contributed by atoms with van der Waals surface area (Å²) in [6, 6.07) is 0. The fraction of sp³-hybridized carbons (Fsp3) is 0.500. The predicted molar refractivity (Wildman–Crippen MR) is 63.8 cm³/mol. The van der Waals surface area contributed by atoms with Gasteiger partial charge in [0.15, 0.2) is 5.84 Å². The van der Waals surface area contributed by atoms with Crippen molar-refractivity contribution in [1.29, 1.82) is 0 Å². The second-order valence-electron chi connectivity index (χ2n) is 3.07. The molecule has 0 fully saturated rings. The Morgan fingerprint density at radius 3 is 2.81 bits per heavy atom. The van der Waals surface area contributed by atoms with Crippen molar-refractivity contribution in [2.45, 2.75) is 19.8 Å². The molecule has 0 aromatic carbocycles. The third-order valence-corrected chi connectivity index (χ3v) is 1.76. The van der Waals surface area contributed by atoms with Crippen molar-refractivity contribution < 1.29 is 10.0 Å². The molecular formula is C10H18N4O2. The number of rotatable bonds is 7. The van der Waals surface area contributed by atoms with Gasteiger partial charge in [0.25, 0.3) is 5.91 Å². The maximum atomic E-state index is 11.4. The lowest BCUT2D eigenvalue weighted by Crippen LogP contribution is -2.39. The van der Waals surface area contributed by atoms with Gasteiger partial charge in [0.05, 0.1) is 0 Å². The highest BCUT2D eigenvalue weighted by Crippen LogP contribution is 1.88. The van der Waals surface area contributed by atoms with E-state index in [2.05, 4.69) is 22.0 Å². The molecule has 0 rings (SSSR count). The van der Waals surface area contributed by atoms with Crippen LogP contribution < -0.4 is 11.1 Å². The third-order valence-electron chi connectivity index (χ3n) is 1.76. The van der Waals surface area contributed by atoms with Crippen LogP contribution in [0.2, 0.25) is 0 Å². The number of amides is 1. The molecule has 0 bridgehead atoms. The van der Waals surface area contributed by atoms with E-state index >= 15 is 0 Å². The van der Waals surface area contributed by atoms with Crippen LogP contribution in [0.3, 0.4) is 0 Å². The van der Waals surface area contributed by atoms with Gasteiger partial charge in [-0.2, -0.15) is 0 Å². The summed E-state index contributed by atoms with van der Waals surface area (Å²) in [5, 5.41) is 13.9. The molecule has 0 unspecified atom stereocenters. The third kappa shape index (κ3) is 5.14. The SMILES string of the molecule is C=CCNC(=O)C(=NO)C(N)=NCCCC. The fourth-order valence-electron chi connectivity index (χ4n) is 0.894. The van der Waals surface area contributed by atoms with Gasteiger partial charge in [-0.1, -0.05) is 24.6 Å². The molecule has 0 spiro atoms. The molecule has 0 aromatic heterocycles. The first kappa shape index (κ1) is 14.2. The second-order valence-corrected chi connectivity index (χ2v) is 3.07. The minimum absolute atomic E-state index is 0.0579. The Hall–Kier alpha value is -1.85. The van der Waals surface area contributed by atoms with Crippen molar-refractivity contribution >= 4 is 17.5 Å². The second kappa shape index (κ2) is 8.46. The van der Waals surface area contributed by atoms with Gasteiger partial charge >= 0.3 is 0 Å². The Balaban J connectivity index is 4.42. The zero-order valence-corrected chi connectivity index (χ0v) is 9.44. The van der Waals surface area contributed by atoms with Gasteiger partial charge in [-0.15, -0.1) is 6.58 Å². The highest BCUT2D eigenvalue weighted by atomic mass is 16.4. The van der Waals surface area contributed by atoms with Crippen molar-refractivity contribution in [1.82, 2.24) is 5.32 Å². The number of nitrogens with zero attached hydrogens (tertiary/aromatic N) is 2. The molecule has 6 nitrogen and oxygen atoms in total. The van der Waals surface area contributed by atoms with Crippen LogP contribution in [0.25, 0.3) is 0 Å². The highest BCUT2D eigenvalue weighted by Gasteiger charge is 2.15. The highest BCUT2D eigenvalue weighted by molar-refractivity contribution is 6.66. The summed E-state index contributed by atoms with van der Waals surface area (Å²) >= 11 is 0. The Morgan fingerprint density at radius 1 is 1.62 bits per heavy atom. The molecule has 0 heterocycles. The lowest BCUT2D eigenvalue weighted by molar-refractivity contribution is -0.114. The Labute approximate surface area is 94.9 Å². The number of carbonyl (C=O) groups is 1. The summed E-state index contributed by atoms with van der Waals surface area (Å²) in [4.78, 5) is 15.3. The van der Waals surface area contributed by atoms with Crippen LogP contribution in [-0.4, -0.2) is 35.8 Å². The van der Waals surface area contributed by atoms with Crippen molar-refractivity contribution in [3.63, 3.8) is 0 Å². The molecule has 0 aliphatic heterocycles. The van der Waals surface area contributed by atoms with Crippen molar-refractivity contribution in [2.24, 2.45) is 15.9 Å². The number of amidine groups is 1. The van der Waals surface area contributed by atoms with E-state index in [1.165, 1.54) is 6.08 Å². The Kier molecular flexibility index (Phi) is 7.48. The molecule has 0 aliphatic carbocycles. The monoisotopic (exact) mass is 226 g/mol. The van der Waals surface area contributed by atoms with E-state index in [4.69, 9.17) is 10.9 Å². The van der Waals surface area contributed by atoms with Crippen LogP contribution in [0.1, 0.15) is 19.8 Å². The first-order chi connectivity index (χ1) is 7.67. The topological polar surface area (TPSA) is 100 Å². The molecule has 4 N–H and O–H groups in total. The van der Waals surface area contributed by atoms with Crippen LogP contribution in [0, 0.1) is 0 Å². The van der Waals surface area contributed by atoms with Crippen LogP contribution in [0.4, 0.5) is 0 Å². The number of unbranched alkanes of at least 4 members (excludes halogenated alkanes) is 1. The number of nitrogens with one attached hydrogen (secondary N) is 1. The standard InChI is InChI=1S/C10H18N4O2/c1-3-5-7-12-9(11)8(14-16)10(15)13-6-4-2/h4,16H,2-3,5-7H2,1H3,(H2,11,12)(H,13,15). The molecule has 1 amide bonds. The minimum Gasteiger partial charge on any atom is -0.410 e. The van der Waals surface area contributed by atoms with E-state index < -0.39 is 5.91 Å². The number of hydrogen-bond acceptors (Lipinski definition) is 4. The molecule has 0 aromatic rings. The molecule has 6 heteroatoms. The quantitative estimate of drug-likeness (QED) is 0.145. The average molecular weight is 226 g/mol. The molecule has 90 valence electrons. The van der Waals surface area contributed by atoms with E-state index in [-0.39, 0.29) is 18.1 Å².